The summed E-state index contributed by atoms with van der Waals surface area (Å²) >= 11 is 2.66. The van der Waals surface area contributed by atoms with Gasteiger partial charge in [0.1, 0.15) is 6.54 Å². The Labute approximate surface area is 143 Å². The van der Waals surface area contributed by atoms with Crippen LogP contribution in [0.25, 0.3) is 0 Å². The number of benzene rings is 1. The Balaban J connectivity index is 2.16. The Morgan fingerprint density at radius 2 is 2.13 bits per heavy atom. The maximum Gasteiger partial charge on any atom is 0.246 e. The molecule has 0 saturated heterocycles. The second kappa shape index (κ2) is 7.28. The van der Waals surface area contributed by atoms with Crippen molar-refractivity contribution in [1.82, 2.24) is 10.2 Å². The molecule has 0 aliphatic rings. The van der Waals surface area contributed by atoms with Gasteiger partial charge in [-0.3, -0.25) is 14.4 Å². The predicted octanol–water partition coefficient (Wildman–Crippen LogP) is 1.97. The Kier molecular flexibility index (Phi) is 5.60. The van der Waals surface area contributed by atoms with Crippen LogP contribution in [0.3, 0.4) is 0 Å². The van der Waals surface area contributed by atoms with Crippen LogP contribution in [0.15, 0.2) is 28.6 Å². The van der Waals surface area contributed by atoms with E-state index < -0.39 is 15.9 Å². The highest BCUT2D eigenvalue weighted by Crippen LogP contribution is 2.23. The largest absolute Gasteiger partial charge is 0.299 e. The second-order valence-corrected chi connectivity index (χ2v) is 8.67. The summed E-state index contributed by atoms with van der Waals surface area (Å²) in [5, 5.41) is 10.6. The fourth-order valence-corrected chi connectivity index (χ4v) is 3.85. The standard InChI is InChI=1S/C13H16N4O3S3/c1-9-5-4-6-10(7-9)17(23(3,19)20)8-11(18)14-12-15-16-13(21-2)22-12/h4-7H,8H2,1-3H3,(H,14,15,18). The van der Waals surface area contributed by atoms with Crippen LogP contribution < -0.4 is 9.62 Å². The van der Waals surface area contributed by atoms with E-state index >= 15 is 0 Å². The molecule has 1 amide bonds. The van der Waals surface area contributed by atoms with Gasteiger partial charge in [-0.1, -0.05) is 35.2 Å². The molecule has 0 unspecified atom stereocenters. The molecule has 0 aliphatic heterocycles. The first kappa shape index (κ1) is 17.7. The minimum Gasteiger partial charge on any atom is -0.299 e. The fraction of sp³-hybridized carbons (Fsp3) is 0.308. The van der Waals surface area contributed by atoms with Crippen molar-refractivity contribution in [2.24, 2.45) is 0 Å². The zero-order valence-corrected chi connectivity index (χ0v) is 15.3. The Hall–Kier alpha value is -1.65. The molecule has 2 rings (SSSR count). The van der Waals surface area contributed by atoms with Crippen LogP contribution in [0.1, 0.15) is 5.56 Å². The molecule has 1 aromatic carbocycles. The number of anilines is 2. The molecule has 0 atom stereocenters. The van der Waals surface area contributed by atoms with Gasteiger partial charge in [0.05, 0.1) is 11.9 Å². The maximum atomic E-state index is 12.1. The van der Waals surface area contributed by atoms with Crippen molar-refractivity contribution in [1.29, 1.82) is 0 Å². The van der Waals surface area contributed by atoms with Crippen LogP contribution in [-0.2, 0) is 14.8 Å². The summed E-state index contributed by atoms with van der Waals surface area (Å²) in [6.45, 7) is 1.53. The number of amides is 1. The van der Waals surface area contributed by atoms with Gasteiger partial charge in [-0.25, -0.2) is 8.42 Å². The average Bonchev–Trinajstić information content (AvgIpc) is 2.91. The van der Waals surface area contributed by atoms with Gasteiger partial charge >= 0.3 is 0 Å². The molecule has 0 aliphatic carbocycles. The SMILES string of the molecule is CSc1nnc(NC(=O)CN(c2cccc(C)c2)S(C)(=O)=O)s1. The van der Waals surface area contributed by atoms with Gasteiger partial charge < -0.3 is 0 Å². The molecule has 10 heteroatoms. The first-order chi connectivity index (χ1) is 10.8. The number of carbonyl (C=O) groups excluding carboxylic acids is 1. The van der Waals surface area contributed by atoms with E-state index in [2.05, 4.69) is 15.5 Å². The van der Waals surface area contributed by atoms with Gasteiger partial charge in [0.2, 0.25) is 21.1 Å². The van der Waals surface area contributed by atoms with E-state index in [1.165, 1.54) is 23.1 Å². The number of nitrogens with zero attached hydrogens (tertiary/aromatic N) is 3. The highest BCUT2D eigenvalue weighted by Gasteiger charge is 2.21. The summed E-state index contributed by atoms with van der Waals surface area (Å²) in [4.78, 5) is 12.1. The van der Waals surface area contributed by atoms with Gasteiger partial charge in [-0.15, -0.1) is 10.2 Å². The summed E-state index contributed by atoms with van der Waals surface area (Å²) in [6, 6.07) is 6.97. The summed E-state index contributed by atoms with van der Waals surface area (Å²) in [6.07, 6.45) is 2.93. The molecular weight excluding hydrogens is 356 g/mol. The third kappa shape index (κ3) is 4.91. The molecular formula is C13H16N4O3S3. The highest BCUT2D eigenvalue weighted by molar-refractivity contribution is 8.00. The van der Waals surface area contributed by atoms with E-state index in [0.29, 0.717) is 10.8 Å². The molecule has 1 heterocycles. The zero-order valence-electron chi connectivity index (χ0n) is 12.8. The lowest BCUT2D eigenvalue weighted by Crippen LogP contribution is -2.37. The lowest BCUT2D eigenvalue weighted by atomic mass is 10.2. The Morgan fingerprint density at radius 1 is 1.39 bits per heavy atom. The average molecular weight is 372 g/mol. The van der Waals surface area contributed by atoms with Gasteiger partial charge in [-0.05, 0) is 30.9 Å². The molecule has 0 radical (unpaired) electrons. The summed E-state index contributed by atoms with van der Waals surface area (Å²) < 4.78 is 25.8. The van der Waals surface area contributed by atoms with Crippen molar-refractivity contribution in [2.75, 3.05) is 28.7 Å². The molecule has 7 nitrogen and oxygen atoms in total. The number of thioether (sulfide) groups is 1. The van der Waals surface area contributed by atoms with Crippen molar-refractivity contribution in [3.05, 3.63) is 29.8 Å². The van der Waals surface area contributed by atoms with Crippen LogP contribution in [0.4, 0.5) is 10.8 Å². The van der Waals surface area contributed by atoms with E-state index in [4.69, 9.17) is 0 Å². The molecule has 1 aromatic heterocycles. The number of hydrogen-bond donors (Lipinski definition) is 1. The molecule has 124 valence electrons. The highest BCUT2D eigenvalue weighted by atomic mass is 32.2. The number of sulfonamides is 1. The molecule has 0 spiro atoms. The lowest BCUT2D eigenvalue weighted by molar-refractivity contribution is -0.114. The third-order valence-corrected chi connectivity index (χ3v) is 5.76. The number of aromatic nitrogens is 2. The van der Waals surface area contributed by atoms with Gasteiger partial charge in [-0.2, -0.15) is 0 Å². The van der Waals surface area contributed by atoms with Gasteiger partial charge in [0.25, 0.3) is 0 Å². The van der Waals surface area contributed by atoms with Crippen molar-refractivity contribution in [3.8, 4) is 0 Å². The summed E-state index contributed by atoms with van der Waals surface area (Å²) in [5.74, 6) is -0.472. The molecule has 2 aromatic rings. The summed E-state index contributed by atoms with van der Waals surface area (Å²) in [7, 11) is -3.59. The van der Waals surface area contributed by atoms with E-state index in [1.54, 1.807) is 18.2 Å². The minimum absolute atomic E-state index is 0.323. The first-order valence-corrected chi connectivity index (χ1v) is 10.4. The maximum absolute atomic E-state index is 12.1. The second-order valence-electron chi connectivity index (χ2n) is 4.73. The topological polar surface area (TPSA) is 92.3 Å². The van der Waals surface area contributed by atoms with Crippen molar-refractivity contribution >= 4 is 49.8 Å². The number of hydrogen-bond acceptors (Lipinski definition) is 7. The van der Waals surface area contributed by atoms with Crippen molar-refractivity contribution in [2.45, 2.75) is 11.3 Å². The Bertz CT molecular complexity index is 804. The van der Waals surface area contributed by atoms with Crippen molar-refractivity contribution in [3.63, 3.8) is 0 Å². The molecule has 0 bridgehead atoms. The molecule has 0 fully saturated rings. The third-order valence-electron chi connectivity index (χ3n) is 2.80. The number of aryl methyl sites for hydroxylation is 1. The van der Waals surface area contributed by atoms with Crippen LogP contribution in [0.5, 0.6) is 0 Å². The number of nitrogens with one attached hydrogen (secondary N) is 1. The monoisotopic (exact) mass is 372 g/mol. The Morgan fingerprint density at radius 3 is 2.70 bits per heavy atom. The van der Waals surface area contributed by atoms with E-state index in [0.717, 1.165) is 20.5 Å². The fourth-order valence-electron chi connectivity index (χ4n) is 1.82. The molecule has 0 saturated carbocycles. The minimum atomic E-state index is -3.59. The van der Waals surface area contributed by atoms with Crippen LogP contribution in [-0.4, -0.2) is 43.6 Å². The van der Waals surface area contributed by atoms with Crippen LogP contribution in [0, 0.1) is 6.92 Å². The summed E-state index contributed by atoms with van der Waals surface area (Å²) in [5.41, 5.74) is 1.36. The van der Waals surface area contributed by atoms with E-state index in [1.807, 2.05) is 19.2 Å². The first-order valence-electron chi connectivity index (χ1n) is 6.51. The molecule has 1 N–H and O–H groups in total. The van der Waals surface area contributed by atoms with E-state index in [-0.39, 0.29) is 6.54 Å². The van der Waals surface area contributed by atoms with Crippen molar-refractivity contribution < 1.29 is 13.2 Å². The molecule has 23 heavy (non-hydrogen) atoms. The predicted molar refractivity (Wildman–Crippen MR) is 93.7 cm³/mol. The lowest BCUT2D eigenvalue weighted by Gasteiger charge is -2.21. The van der Waals surface area contributed by atoms with E-state index in [9.17, 15) is 13.2 Å². The number of rotatable bonds is 6. The van der Waals surface area contributed by atoms with Gasteiger partial charge in [0, 0.05) is 0 Å². The normalized spacial score (nSPS) is 11.3. The smallest absolute Gasteiger partial charge is 0.246 e. The van der Waals surface area contributed by atoms with Crippen LogP contribution in [0.2, 0.25) is 0 Å². The van der Waals surface area contributed by atoms with Gasteiger partial charge in [0.15, 0.2) is 4.34 Å². The van der Waals surface area contributed by atoms with Crippen LogP contribution >= 0.6 is 23.1 Å². The quantitative estimate of drug-likeness (QED) is 0.616. The number of carbonyl (C=O) groups is 1. The zero-order chi connectivity index (χ0) is 17.0.